The molecular formula is C13H19N7O2S2. The fourth-order valence-electron chi connectivity index (χ4n) is 1.84. The van der Waals surface area contributed by atoms with E-state index in [9.17, 15) is 9.59 Å². The summed E-state index contributed by atoms with van der Waals surface area (Å²) in [5.74, 6) is 0.522. The minimum atomic E-state index is -0.308. The van der Waals surface area contributed by atoms with Gasteiger partial charge in [0.25, 0.3) is 5.91 Å². The SMILES string of the molecule is CCSc1nnc(N)n1CC(=O)Nc1nc(C)c(C(=O)N(C)C)s1. The molecule has 0 aromatic carbocycles. The van der Waals surface area contributed by atoms with Gasteiger partial charge in [-0.3, -0.25) is 14.2 Å². The summed E-state index contributed by atoms with van der Waals surface area (Å²) in [6.45, 7) is 3.69. The molecule has 130 valence electrons. The van der Waals surface area contributed by atoms with E-state index in [2.05, 4.69) is 20.5 Å². The summed E-state index contributed by atoms with van der Waals surface area (Å²) in [5, 5.41) is 11.4. The second kappa shape index (κ2) is 7.62. The first kappa shape index (κ1) is 18.2. The maximum atomic E-state index is 12.2. The third-order valence-corrected chi connectivity index (χ3v) is 4.87. The smallest absolute Gasteiger partial charge is 0.265 e. The molecular weight excluding hydrogens is 350 g/mol. The topological polar surface area (TPSA) is 119 Å². The van der Waals surface area contributed by atoms with Crippen molar-refractivity contribution in [2.45, 2.75) is 25.5 Å². The third kappa shape index (κ3) is 4.03. The molecule has 0 aliphatic carbocycles. The zero-order valence-electron chi connectivity index (χ0n) is 13.9. The minimum Gasteiger partial charge on any atom is -0.368 e. The molecule has 0 aliphatic heterocycles. The molecule has 0 bridgehead atoms. The van der Waals surface area contributed by atoms with Gasteiger partial charge in [-0.25, -0.2) is 4.98 Å². The molecule has 0 radical (unpaired) electrons. The Kier molecular flexibility index (Phi) is 5.78. The Morgan fingerprint density at radius 1 is 1.38 bits per heavy atom. The Bertz CT molecular complexity index is 754. The first-order valence-corrected chi connectivity index (χ1v) is 8.94. The Morgan fingerprint density at radius 2 is 2.08 bits per heavy atom. The summed E-state index contributed by atoms with van der Waals surface area (Å²) < 4.78 is 1.54. The van der Waals surface area contributed by atoms with Crippen molar-refractivity contribution in [2.24, 2.45) is 0 Å². The average Bonchev–Trinajstić information content (AvgIpc) is 3.03. The summed E-state index contributed by atoms with van der Waals surface area (Å²) in [6.07, 6.45) is 0. The Balaban J connectivity index is 2.10. The van der Waals surface area contributed by atoms with E-state index in [0.717, 1.165) is 17.1 Å². The highest BCUT2D eigenvalue weighted by Crippen LogP contribution is 2.24. The average molecular weight is 369 g/mol. The standard InChI is InChI=1S/C13H19N7O2S2/c1-5-23-13-18-17-11(14)20(13)6-8(21)16-12-15-7(2)9(24-12)10(22)19(3)4/h5-6H2,1-4H3,(H2,14,17)(H,15,16,21). The molecule has 2 amide bonds. The number of hydrogen-bond donors (Lipinski definition) is 2. The van der Waals surface area contributed by atoms with Gasteiger partial charge < -0.3 is 16.0 Å². The predicted octanol–water partition coefficient (Wildman–Crippen LogP) is 1.08. The van der Waals surface area contributed by atoms with Crippen LogP contribution in [-0.4, -0.2) is 56.3 Å². The van der Waals surface area contributed by atoms with Crippen LogP contribution in [0.1, 0.15) is 22.3 Å². The maximum absolute atomic E-state index is 12.2. The van der Waals surface area contributed by atoms with Crippen molar-refractivity contribution in [2.75, 3.05) is 30.9 Å². The maximum Gasteiger partial charge on any atom is 0.265 e. The van der Waals surface area contributed by atoms with Gasteiger partial charge in [-0.05, 0) is 12.7 Å². The molecule has 9 nitrogen and oxygen atoms in total. The number of thiazole rings is 1. The fraction of sp³-hybridized carbons (Fsp3) is 0.462. The van der Waals surface area contributed by atoms with Gasteiger partial charge >= 0.3 is 0 Å². The van der Waals surface area contributed by atoms with Crippen molar-refractivity contribution in [3.63, 3.8) is 0 Å². The zero-order valence-corrected chi connectivity index (χ0v) is 15.5. The lowest BCUT2D eigenvalue weighted by atomic mass is 10.3. The number of carbonyl (C=O) groups excluding carboxylic acids is 2. The van der Waals surface area contributed by atoms with E-state index >= 15 is 0 Å². The Labute approximate surface area is 147 Å². The Hall–Kier alpha value is -2.14. The molecule has 0 fully saturated rings. The molecule has 0 unspecified atom stereocenters. The van der Waals surface area contributed by atoms with E-state index in [1.807, 2.05) is 6.92 Å². The molecule has 0 saturated heterocycles. The van der Waals surface area contributed by atoms with Crippen LogP contribution in [0.25, 0.3) is 0 Å². The monoisotopic (exact) mass is 369 g/mol. The fourth-order valence-corrected chi connectivity index (χ4v) is 3.51. The molecule has 0 spiro atoms. The largest absolute Gasteiger partial charge is 0.368 e. The van der Waals surface area contributed by atoms with Crippen molar-refractivity contribution in [1.29, 1.82) is 0 Å². The quantitative estimate of drug-likeness (QED) is 0.731. The number of nitrogens with one attached hydrogen (secondary N) is 1. The molecule has 0 aliphatic rings. The van der Waals surface area contributed by atoms with Gasteiger partial charge in [-0.2, -0.15) is 0 Å². The highest BCUT2D eigenvalue weighted by molar-refractivity contribution is 7.99. The van der Waals surface area contributed by atoms with Gasteiger partial charge in [0.15, 0.2) is 10.3 Å². The number of aromatic nitrogens is 4. The van der Waals surface area contributed by atoms with Crippen LogP contribution in [0, 0.1) is 6.92 Å². The van der Waals surface area contributed by atoms with Crippen molar-refractivity contribution < 1.29 is 9.59 Å². The lowest BCUT2D eigenvalue weighted by molar-refractivity contribution is -0.116. The van der Waals surface area contributed by atoms with Crippen LogP contribution < -0.4 is 11.1 Å². The first-order valence-electron chi connectivity index (χ1n) is 7.13. The van der Waals surface area contributed by atoms with E-state index in [0.29, 0.717) is 20.9 Å². The van der Waals surface area contributed by atoms with Gasteiger partial charge in [0.2, 0.25) is 11.9 Å². The highest BCUT2D eigenvalue weighted by atomic mass is 32.2. The summed E-state index contributed by atoms with van der Waals surface area (Å²) in [4.78, 5) is 30.5. The van der Waals surface area contributed by atoms with Crippen molar-refractivity contribution >= 4 is 46.0 Å². The van der Waals surface area contributed by atoms with Crippen molar-refractivity contribution in [3.8, 4) is 0 Å². The molecule has 2 heterocycles. The molecule has 11 heteroatoms. The molecule has 2 aromatic heterocycles. The van der Waals surface area contributed by atoms with Gasteiger partial charge in [0, 0.05) is 14.1 Å². The van der Waals surface area contributed by atoms with Crippen molar-refractivity contribution in [3.05, 3.63) is 10.6 Å². The molecule has 0 atom stereocenters. The number of rotatable bonds is 6. The number of anilines is 2. The third-order valence-electron chi connectivity index (χ3n) is 2.96. The van der Waals surface area contributed by atoms with Crippen LogP contribution in [0.2, 0.25) is 0 Å². The molecule has 3 N–H and O–H groups in total. The Morgan fingerprint density at radius 3 is 2.71 bits per heavy atom. The van der Waals surface area contributed by atoms with Crippen LogP contribution in [0.5, 0.6) is 0 Å². The zero-order chi connectivity index (χ0) is 17.9. The second-order valence-corrected chi connectivity index (χ2v) is 7.27. The number of thioether (sulfide) groups is 1. The van der Waals surface area contributed by atoms with E-state index in [1.165, 1.54) is 21.2 Å². The van der Waals surface area contributed by atoms with E-state index < -0.39 is 0 Å². The number of carbonyl (C=O) groups is 2. The molecule has 0 saturated carbocycles. The number of aryl methyl sites for hydroxylation is 1. The molecule has 2 rings (SSSR count). The molecule has 2 aromatic rings. The van der Waals surface area contributed by atoms with Crippen LogP contribution in [-0.2, 0) is 11.3 Å². The highest BCUT2D eigenvalue weighted by Gasteiger charge is 2.19. The van der Waals surface area contributed by atoms with Gasteiger partial charge in [-0.1, -0.05) is 30.0 Å². The number of nitrogens with zero attached hydrogens (tertiary/aromatic N) is 5. The van der Waals surface area contributed by atoms with E-state index in [1.54, 1.807) is 21.0 Å². The molecule has 24 heavy (non-hydrogen) atoms. The second-order valence-electron chi connectivity index (χ2n) is 5.04. The van der Waals surface area contributed by atoms with Crippen LogP contribution in [0.4, 0.5) is 11.1 Å². The van der Waals surface area contributed by atoms with E-state index in [4.69, 9.17) is 5.73 Å². The van der Waals surface area contributed by atoms with E-state index in [-0.39, 0.29) is 24.3 Å². The summed E-state index contributed by atoms with van der Waals surface area (Å²) in [5.41, 5.74) is 6.33. The van der Waals surface area contributed by atoms with Crippen molar-refractivity contribution in [1.82, 2.24) is 24.6 Å². The summed E-state index contributed by atoms with van der Waals surface area (Å²) in [6, 6.07) is 0. The number of hydrogen-bond acceptors (Lipinski definition) is 8. The summed E-state index contributed by atoms with van der Waals surface area (Å²) in [7, 11) is 3.34. The normalized spacial score (nSPS) is 10.7. The van der Waals surface area contributed by atoms with Crippen LogP contribution >= 0.6 is 23.1 Å². The van der Waals surface area contributed by atoms with Gasteiger partial charge in [-0.15, -0.1) is 10.2 Å². The van der Waals surface area contributed by atoms with Gasteiger partial charge in [0.05, 0.1) is 5.69 Å². The summed E-state index contributed by atoms with van der Waals surface area (Å²) >= 11 is 2.60. The number of nitrogens with two attached hydrogens (primary N) is 1. The van der Waals surface area contributed by atoms with Gasteiger partial charge in [0.1, 0.15) is 11.4 Å². The lowest BCUT2D eigenvalue weighted by Crippen LogP contribution is -2.21. The minimum absolute atomic E-state index is 0.0171. The number of nitrogen functional groups attached to an aromatic ring is 1. The lowest BCUT2D eigenvalue weighted by Gasteiger charge is -2.08. The number of amides is 2. The van der Waals surface area contributed by atoms with Crippen LogP contribution in [0.15, 0.2) is 5.16 Å². The predicted molar refractivity (Wildman–Crippen MR) is 94.3 cm³/mol. The first-order chi connectivity index (χ1) is 11.3. The van der Waals surface area contributed by atoms with Crippen LogP contribution in [0.3, 0.4) is 0 Å².